The zero-order valence-corrected chi connectivity index (χ0v) is 17.8. The number of rotatable bonds is 5. The molecule has 0 saturated heterocycles. The van der Waals surface area contributed by atoms with Gasteiger partial charge in [0.25, 0.3) is 0 Å². The summed E-state index contributed by atoms with van der Waals surface area (Å²) in [6.07, 6.45) is 1.68. The molecule has 1 aromatic carbocycles. The first-order chi connectivity index (χ1) is 13.8. The Balaban J connectivity index is 2.02. The van der Waals surface area contributed by atoms with E-state index in [1.165, 1.54) is 7.11 Å². The van der Waals surface area contributed by atoms with Crippen molar-refractivity contribution < 1.29 is 14.3 Å². The van der Waals surface area contributed by atoms with Gasteiger partial charge in [-0.25, -0.2) is 4.79 Å². The van der Waals surface area contributed by atoms with Crippen LogP contribution in [0, 0.1) is 13.8 Å². The third-order valence-corrected chi connectivity index (χ3v) is 5.11. The van der Waals surface area contributed by atoms with Crippen molar-refractivity contribution in [3.8, 4) is 17.0 Å². The lowest BCUT2D eigenvalue weighted by atomic mass is 9.94. The number of pyridine rings is 1. The summed E-state index contributed by atoms with van der Waals surface area (Å²) < 4.78 is 12.1. The molecule has 0 bridgehead atoms. The molecule has 152 valence electrons. The van der Waals surface area contributed by atoms with E-state index in [1.54, 1.807) is 6.20 Å². The summed E-state index contributed by atoms with van der Waals surface area (Å²) in [6, 6.07) is 10.3. The van der Waals surface area contributed by atoms with Crippen LogP contribution in [0.3, 0.4) is 0 Å². The molecule has 0 aliphatic rings. The molecule has 0 N–H and O–H groups in total. The van der Waals surface area contributed by atoms with Crippen LogP contribution >= 0.6 is 0 Å². The van der Waals surface area contributed by atoms with E-state index in [4.69, 9.17) is 14.5 Å². The monoisotopic (exact) mass is 393 g/mol. The third-order valence-electron chi connectivity index (χ3n) is 5.11. The summed E-state index contributed by atoms with van der Waals surface area (Å²) in [6.45, 7) is 8.03. The molecule has 3 aromatic rings. The summed E-state index contributed by atoms with van der Waals surface area (Å²) in [5, 5.41) is 4.23. The Hall–Kier alpha value is -3.15. The first-order valence-electron chi connectivity index (χ1n) is 9.64. The highest BCUT2D eigenvalue weighted by molar-refractivity contribution is 5.66. The van der Waals surface area contributed by atoms with Gasteiger partial charge in [0.05, 0.1) is 18.5 Å². The molecule has 0 amide bonds. The first kappa shape index (κ1) is 20.6. The highest BCUT2D eigenvalue weighted by Gasteiger charge is 2.21. The van der Waals surface area contributed by atoms with Crippen LogP contribution in [0.5, 0.6) is 5.75 Å². The average molecular weight is 393 g/mol. The molecule has 0 unspecified atom stereocenters. The fourth-order valence-corrected chi connectivity index (χ4v) is 3.41. The van der Waals surface area contributed by atoms with Crippen LogP contribution in [0.1, 0.15) is 47.8 Å². The molecular formula is C23H27N3O3. The molecule has 6 nitrogen and oxygen atoms in total. The van der Waals surface area contributed by atoms with Crippen molar-refractivity contribution in [1.82, 2.24) is 14.8 Å². The topological polar surface area (TPSA) is 66.2 Å². The largest absolute Gasteiger partial charge is 0.513 e. The summed E-state index contributed by atoms with van der Waals surface area (Å²) in [5.41, 5.74) is 6.82. The zero-order chi connectivity index (χ0) is 21.1. The van der Waals surface area contributed by atoms with Gasteiger partial charge in [-0.05, 0) is 37.0 Å². The normalized spacial score (nSPS) is 11.0. The van der Waals surface area contributed by atoms with Crippen LogP contribution in [0.2, 0.25) is 0 Å². The van der Waals surface area contributed by atoms with E-state index in [9.17, 15) is 4.79 Å². The fraction of sp³-hybridized carbons (Fsp3) is 0.348. The second kappa shape index (κ2) is 8.47. The SMILES string of the molecule is COC(=O)Oc1c(C)c(C)nc(C(C)C)c1Cc1ccc(-c2ccnn2C)cc1. The number of carbonyl (C=O) groups is 1. The molecule has 0 fully saturated rings. The van der Waals surface area contributed by atoms with Crippen LogP contribution in [0.15, 0.2) is 36.5 Å². The maximum atomic E-state index is 11.9. The Bertz CT molecular complexity index is 1020. The smallest absolute Gasteiger partial charge is 0.437 e. The molecule has 0 aliphatic carbocycles. The number of hydrogen-bond donors (Lipinski definition) is 0. The lowest BCUT2D eigenvalue weighted by Gasteiger charge is -2.20. The summed E-state index contributed by atoms with van der Waals surface area (Å²) >= 11 is 0. The zero-order valence-electron chi connectivity index (χ0n) is 17.8. The average Bonchev–Trinajstić information content (AvgIpc) is 3.13. The molecule has 0 spiro atoms. The van der Waals surface area contributed by atoms with Crippen molar-refractivity contribution in [2.24, 2.45) is 7.05 Å². The van der Waals surface area contributed by atoms with Gasteiger partial charge in [0.2, 0.25) is 0 Å². The summed E-state index contributed by atoms with van der Waals surface area (Å²) in [5.74, 6) is 0.738. The van der Waals surface area contributed by atoms with Crippen molar-refractivity contribution in [1.29, 1.82) is 0 Å². The second-order valence-electron chi connectivity index (χ2n) is 7.44. The highest BCUT2D eigenvalue weighted by Crippen LogP contribution is 2.34. The Kier molecular flexibility index (Phi) is 6.01. The van der Waals surface area contributed by atoms with Crippen molar-refractivity contribution >= 4 is 6.16 Å². The minimum absolute atomic E-state index is 0.193. The van der Waals surface area contributed by atoms with E-state index < -0.39 is 6.16 Å². The van der Waals surface area contributed by atoms with Crippen molar-refractivity contribution in [3.05, 3.63) is 64.6 Å². The van der Waals surface area contributed by atoms with Crippen molar-refractivity contribution in [2.75, 3.05) is 7.11 Å². The molecule has 0 saturated carbocycles. The standard InChI is InChI=1S/C23H27N3O3/c1-14(2)21-19(22(29-23(27)28-6)15(3)16(4)25-21)13-17-7-9-18(10-8-17)20-11-12-24-26(20)5/h7-12,14H,13H2,1-6H3. The van der Waals surface area contributed by atoms with Gasteiger partial charge in [-0.3, -0.25) is 9.67 Å². The van der Waals surface area contributed by atoms with E-state index in [2.05, 4.69) is 43.2 Å². The number of benzene rings is 1. The maximum Gasteiger partial charge on any atom is 0.513 e. The highest BCUT2D eigenvalue weighted by atomic mass is 16.7. The molecule has 0 radical (unpaired) electrons. The first-order valence-corrected chi connectivity index (χ1v) is 9.64. The van der Waals surface area contributed by atoms with Crippen LogP contribution < -0.4 is 4.74 Å². The molecule has 2 heterocycles. The van der Waals surface area contributed by atoms with Crippen LogP contribution in [-0.4, -0.2) is 28.0 Å². The van der Waals surface area contributed by atoms with Crippen LogP contribution in [0.25, 0.3) is 11.3 Å². The van der Waals surface area contributed by atoms with Crippen molar-refractivity contribution in [2.45, 2.75) is 40.0 Å². The Morgan fingerprint density at radius 2 is 1.83 bits per heavy atom. The molecule has 3 rings (SSSR count). The van der Waals surface area contributed by atoms with Gasteiger partial charge in [-0.2, -0.15) is 5.10 Å². The van der Waals surface area contributed by atoms with Gasteiger partial charge in [-0.1, -0.05) is 38.1 Å². The minimum Gasteiger partial charge on any atom is -0.437 e. The predicted molar refractivity (Wildman–Crippen MR) is 112 cm³/mol. The Morgan fingerprint density at radius 3 is 2.38 bits per heavy atom. The molecule has 2 aromatic heterocycles. The number of aromatic nitrogens is 3. The fourth-order valence-electron chi connectivity index (χ4n) is 3.41. The third kappa shape index (κ3) is 4.31. The van der Waals surface area contributed by atoms with Crippen LogP contribution in [0.4, 0.5) is 4.79 Å². The van der Waals surface area contributed by atoms with E-state index in [0.717, 1.165) is 39.3 Å². The van der Waals surface area contributed by atoms with E-state index in [1.807, 2.05) is 31.6 Å². The minimum atomic E-state index is -0.721. The van der Waals surface area contributed by atoms with Gasteiger partial charge in [-0.15, -0.1) is 0 Å². The summed E-state index contributed by atoms with van der Waals surface area (Å²) in [7, 11) is 3.24. The Morgan fingerprint density at radius 1 is 1.14 bits per heavy atom. The van der Waals surface area contributed by atoms with Gasteiger partial charge in [0.15, 0.2) is 0 Å². The molecule has 6 heteroatoms. The molecular weight excluding hydrogens is 366 g/mol. The maximum absolute atomic E-state index is 11.9. The number of methoxy groups -OCH3 is 1. The number of nitrogens with zero attached hydrogens (tertiary/aromatic N) is 3. The van der Waals surface area contributed by atoms with Crippen molar-refractivity contribution in [3.63, 3.8) is 0 Å². The Labute approximate surface area is 171 Å². The molecule has 0 atom stereocenters. The number of carbonyl (C=O) groups excluding carboxylic acids is 1. The van der Waals surface area contributed by atoms with Gasteiger partial charge in [0, 0.05) is 36.5 Å². The van der Waals surface area contributed by atoms with E-state index >= 15 is 0 Å². The van der Waals surface area contributed by atoms with E-state index in [-0.39, 0.29) is 5.92 Å². The van der Waals surface area contributed by atoms with E-state index in [0.29, 0.717) is 12.2 Å². The lowest BCUT2D eigenvalue weighted by molar-refractivity contribution is 0.120. The van der Waals surface area contributed by atoms with Gasteiger partial charge in [0.1, 0.15) is 5.75 Å². The second-order valence-corrected chi connectivity index (χ2v) is 7.44. The molecule has 29 heavy (non-hydrogen) atoms. The van der Waals surface area contributed by atoms with Gasteiger partial charge < -0.3 is 9.47 Å². The quantitative estimate of drug-likeness (QED) is 0.573. The number of aryl methyl sites for hydroxylation is 2. The molecule has 0 aliphatic heterocycles. The van der Waals surface area contributed by atoms with Crippen LogP contribution in [-0.2, 0) is 18.2 Å². The number of hydrogen-bond acceptors (Lipinski definition) is 5. The summed E-state index contributed by atoms with van der Waals surface area (Å²) in [4.78, 5) is 16.7. The predicted octanol–water partition coefficient (Wildman–Crippen LogP) is 4.96. The van der Waals surface area contributed by atoms with Gasteiger partial charge >= 0.3 is 6.16 Å². The lowest BCUT2D eigenvalue weighted by Crippen LogP contribution is -2.14. The number of ether oxygens (including phenoxy) is 2.